The fourth-order valence-electron chi connectivity index (χ4n) is 3.45. The van der Waals surface area contributed by atoms with Crippen molar-refractivity contribution in [3.63, 3.8) is 0 Å². The van der Waals surface area contributed by atoms with E-state index in [0.717, 1.165) is 25.7 Å². The third-order valence-corrected chi connectivity index (χ3v) is 6.08. The number of nitrogens with zero attached hydrogens (tertiary/aromatic N) is 1. The van der Waals surface area contributed by atoms with Gasteiger partial charge in [-0.15, -0.1) is 0 Å². The maximum absolute atomic E-state index is 13.3. The Morgan fingerprint density at radius 3 is 2.42 bits per heavy atom. The van der Waals surface area contributed by atoms with E-state index < -0.39 is 0 Å². The van der Waals surface area contributed by atoms with Crippen LogP contribution in [0.15, 0.2) is 30.6 Å². The molecular formula is C22H18Cl2N4O3. The summed E-state index contributed by atoms with van der Waals surface area (Å²) in [6.45, 7) is 0. The number of aromatic nitrogens is 2. The van der Waals surface area contributed by atoms with Gasteiger partial charge in [-0.1, -0.05) is 23.2 Å². The minimum Gasteiger partial charge on any atom is -0.357 e. The average Bonchev–Trinajstić information content (AvgIpc) is 3.66. The highest BCUT2D eigenvalue weighted by Gasteiger charge is 2.31. The number of H-pyrrole nitrogens is 1. The van der Waals surface area contributed by atoms with Gasteiger partial charge in [-0.25, -0.2) is 4.98 Å². The summed E-state index contributed by atoms with van der Waals surface area (Å²) in [6.07, 6.45) is 6.75. The van der Waals surface area contributed by atoms with Crippen molar-refractivity contribution in [1.29, 1.82) is 0 Å². The minimum atomic E-state index is -0.388. The van der Waals surface area contributed by atoms with Gasteiger partial charge in [0.05, 0.1) is 21.1 Å². The first kappa shape index (κ1) is 20.0. The zero-order valence-corrected chi connectivity index (χ0v) is 17.8. The molecular weight excluding hydrogens is 439 g/mol. The second-order valence-corrected chi connectivity index (χ2v) is 8.75. The lowest BCUT2D eigenvalue weighted by Crippen LogP contribution is -2.25. The molecule has 2 saturated carbocycles. The summed E-state index contributed by atoms with van der Waals surface area (Å²) in [5.41, 5.74) is 1.32. The van der Waals surface area contributed by atoms with Crippen molar-refractivity contribution in [2.24, 2.45) is 5.92 Å². The zero-order valence-electron chi connectivity index (χ0n) is 16.3. The maximum Gasteiger partial charge on any atom is 0.251 e. The van der Waals surface area contributed by atoms with Crippen LogP contribution in [0.4, 0.5) is 5.82 Å². The van der Waals surface area contributed by atoms with Gasteiger partial charge in [0.25, 0.3) is 5.91 Å². The lowest BCUT2D eigenvalue weighted by Gasteiger charge is -2.10. The lowest BCUT2D eigenvalue weighted by molar-refractivity contribution is -0.117. The first-order valence-corrected chi connectivity index (χ1v) is 10.8. The SMILES string of the molecule is O=C(NC1CC1)c1cc(Cl)c(C(=O)c2c[nH]c3c(NC(=O)C4CC4)nccc23)c(Cl)c1. The molecule has 5 rings (SSSR count). The Bertz CT molecular complexity index is 1220. The number of hydrogen-bond donors (Lipinski definition) is 3. The fourth-order valence-corrected chi connectivity index (χ4v) is 4.11. The van der Waals surface area contributed by atoms with Gasteiger partial charge < -0.3 is 15.6 Å². The molecule has 1 aromatic carbocycles. The van der Waals surface area contributed by atoms with Gasteiger partial charge in [0.2, 0.25) is 5.91 Å². The molecule has 0 saturated heterocycles. The lowest BCUT2D eigenvalue weighted by atomic mass is 10.0. The van der Waals surface area contributed by atoms with E-state index in [1.165, 1.54) is 18.3 Å². The Hall–Kier alpha value is -2.90. The van der Waals surface area contributed by atoms with Gasteiger partial charge in [0.15, 0.2) is 11.6 Å². The molecule has 9 heteroatoms. The van der Waals surface area contributed by atoms with Gasteiger partial charge >= 0.3 is 0 Å². The van der Waals surface area contributed by atoms with Crippen molar-refractivity contribution in [2.75, 3.05) is 5.32 Å². The molecule has 2 amide bonds. The zero-order chi connectivity index (χ0) is 21.7. The van der Waals surface area contributed by atoms with Crippen LogP contribution in [0.5, 0.6) is 0 Å². The largest absolute Gasteiger partial charge is 0.357 e. The van der Waals surface area contributed by atoms with Crippen LogP contribution in [0.1, 0.15) is 52.0 Å². The number of amides is 2. The molecule has 2 fully saturated rings. The van der Waals surface area contributed by atoms with Gasteiger partial charge in [-0.3, -0.25) is 14.4 Å². The number of carbonyl (C=O) groups excluding carboxylic acids is 3. The van der Waals surface area contributed by atoms with Crippen LogP contribution in [-0.4, -0.2) is 33.6 Å². The van der Waals surface area contributed by atoms with Crippen molar-refractivity contribution in [1.82, 2.24) is 15.3 Å². The molecule has 0 aliphatic heterocycles. The summed E-state index contributed by atoms with van der Waals surface area (Å²) in [5.74, 6) is -0.326. The molecule has 0 unspecified atom stereocenters. The first-order valence-electron chi connectivity index (χ1n) is 10.0. The van der Waals surface area contributed by atoms with Crippen molar-refractivity contribution in [3.8, 4) is 0 Å². The second-order valence-electron chi connectivity index (χ2n) is 7.94. The van der Waals surface area contributed by atoms with Crippen LogP contribution in [0.2, 0.25) is 10.0 Å². The number of fused-ring (bicyclic) bond motifs is 1. The summed E-state index contributed by atoms with van der Waals surface area (Å²) in [4.78, 5) is 45.0. The van der Waals surface area contributed by atoms with E-state index in [9.17, 15) is 14.4 Å². The smallest absolute Gasteiger partial charge is 0.251 e. The quantitative estimate of drug-likeness (QED) is 0.479. The molecule has 2 aliphatic carbocycles. The number of rotatable bonds is 6. The number of ketones is 1. The number of pyridine rings is 1. The number of aromatic amines is 1. The summed E-state index contributed by atoms with van der Waals surface area (Å²) in [5, 5.41) is 6.48. The maximum atomic E-state index is 13.3. The highest BCUT2D eigenvalue weighted by atomic mass is 35.5. The van der Waals surface area contributed by atoms with E-state index in [1.807, 2.05) is 0 Å². The van der Waals surface area contributed by atoms with Crippen molar-refractivity contribution in [3.05, 3.63) is 57.3 Å². The number of anilines is 1. The minimum absolute atomic E-state index is 0.0290. The molecule has 0 spiro atoms. The highest BCUT2D eigenvalue weighted by molar-refractivity contribution is 6.42. The number of benzene rings is 1. The van der Waals surface area contributed by atoms with E-state index in [1.54, 1.807) is 12.3 Å². The van der Waals surface area contributed by atoms with Crippen molar-refractivity contribution >= 4 is 57.5 Å². The Kier molecular flexibility index (Phi) is 4.95. The Morgan fingerprint density at radius 2 is 1.77 bits per heavy atom. The molecule has 3 aromatic rings. The van der Waals surface area contributed by atoms with Gasteiger partial charge in [0, 0.05) is 40.9 Å². The van der Waals surface area contributed by atoms with Crippen molar-refractivity contribution < 1.29 is 14.4 Å². The number of carbonyl (C=O) groups is 3. The number of nitrogens with one attached hydrogen (secondary N) is 3. The van der Waals surface area contributed by atoms with E-state index in [4.69, 9.17) is 23.2 Å². The van der Waals surface area contributed by atoms with Crippen LogP contribution in [0.25, 0.3) is 10.9 Å². The molecule has 2 aromatic heterocycles. The Morgan fingerprint density at radius 1 is 1.06 bits per heavy atom. The average molecular weight is 457 g/mol. The van der Waals surface area contributed by atoms with Crippen LogP contribution < -0.4 is 10.6 Å². The van der Waals surface area contributed by atoms with E-state index >= 15 is 0 Å². The summed E-state index contributed by atoms with van der Waals surface area (Å²) >= 11 is 12.7. The standard InChI is InChI=1S/C22H18Cl2N4O3/c23-15-7-11(22(31)27-12-3-4-12)8-16(24)17(15)19(29)14-9-26-18-13(14)5-6-25-20(18)28-21(30)10-1-2-10/h5-10,12,26H,1-4H2,(H,27,31)(H,25,28,30). The Balaban J connectivity index is 1.47. The molecule has 0 atom stereocenters. The third kappa shape index (κ3) is 3.91. The predicted molar refractivity (Wildman–Crippen MR) is 118 cm³/mol. The fraction of sp³-hybridized carbons (Fsp3) is 0.273. The van der Waals surface area contributed by atoms with E-state index in [-0.39, 0.29) is 45.2 Å². The summed E-state index contributed by atoms with van der Waals surface area (Å²) in [7, 11) is 0. The van der Waals surface area contributed by atoms with Crippen molar-refractivity contribution in [2.45, 2.75) is 31.7 Å². The molecule has 2 heterocycles. The highest BCUT2D eigenvalue weighted by Crippen LogP contribution is 2.34. The van der Waals surface area contributed by atoms with Crippen LogP contribution in [-0.2, 0) is 4.79 Å². The normalized spacial score (nSPS) is 15.7. The molecule has 3 N–H and O–H groups in total. The molecule has 0 bridgehead atoms. The molecule has 31 heavy (non-hydrogen) atoms. The molecule has 2 aliphatic rings. The topological polar surface area (TPSA) is 104 Å². The Labute approximate surface area is 187 Å². The summed E-state index contributed by atoms with van der Waals surface area (Å²) in [6, 6.07) is 4.79. The molecule has 0 radical (unpaired) electrons. The van der Waals surface area contributed by atoms with Gasteiger partial charge in [-0.2, -0.15) is 0 Å². The predicted octanol–water partition coefficient (Wildman–Crippen LogP) is 4.34. The van der Waals surface area contributed by atoms with Crippen LogP contribution >= 0.6 is 23.2 Å². The first-order chi connectivity index (χ1) is 14.9. The molecule has 158 valence electrons. The molecule has 7 nitrogen and oxygen atoms in total. The van der Waals surface area contributed by atoms with Gasteiger partial charge in [0.1, 0.15) is 0 Å². The summed E-state index contributed by atoms with van der Waals surface area (Å²) < 4.78 is 0. The van der Waals surface area contributed by atoms with Crippen LogP contribution in [0, 0.1) is 5.92 Å². The second kappa shape index (κ2) is 7.66. The van der Waals surface area contributed by atoms with Crippen LogP contribution in [0.3, 0.4) is 0 Å². The number of hydrogen-bond acceptors (Lipinski definition) is 4. The monoisotopic (exact) mass is 456 g/mol. The van der Waals surface area contributed by atoms with E-state index in [0.29, 0.717) is 27.8 Å². The van der Waals surface area contributed by atoms with E-state index in [2.05, 4.69) is 20.6 Å². The van der Waals surface area contributed by atoms with Gasteiger partial charge in [-0.05, 0) is 43.9 Å². The number of halogens is 2. The third-order valence-electron chi connectivity index (χ3n) is 5.48.